The van der Waals surface area contributed by atoms with Crippen molar-refractivity contribution >= 4 is 16.0 Å². The second-order valence-electron chi connectivity index (χ2n) is 5.66. The average molecular weight is 313 g/mol. The Balaban J connectivity index is 2.29. The summed E-state index contributed by atoms with van der Waals surface area (Å²) in [5.41, 5.74) is -0.0284. The predicted molar refractivity (Wildman–Crippen MR) is 76.6 cm³/mol. The first-order valence-electron chi connectivity index (χ1n) is 6.65. The minimum Gasteiger partial charge on any atom is -0.481 e. The summed E-state index contributed by atoms with van der Waals surface area (Å²) in [5, 5.41) is 8.73. The Hall–Kier alpha value is -1.44. The van der Waals surface area contributed by atoms with Crippen molar-refractivity contribution in [2.75, 3.05) is 19.8 Å². The number of aliphatic carboxylic acids is 1. The Labute approximate surface area is 124 Å². The molecule has 1 N–H and O–H groups in total. The van der Waals surface area contributed by atoms with Gasteiger partial charge in [-0.25, -0.2) is 8.42 Å². The summed E-state index contributed by atoms with van der Waals surface area (Å²) in [7, 11) is -3.61. The number of hydrogen-bond acceptors (Lipinski definition) is 4. The van der Waals surface area contributed by atoms with Gasteiger partial charge in [-0.15, -0.1) is 0 Å². The largest absolute Gasteiger partial charge is 0.481 e. The van der Waals surface area contributed by atoms with Gasteiger partial charge in [0.25, 0.3) is 0 Å². The van der Waals surface area contributed by atoms with Gasteiger partial charge in [0.15, 0.2) is 0 Å². The molecule has 2 rings (SSSR count). The van der Waals surface area contributed by atoms with Crippen LogP contribution in [0.2, 0.25) is 0 Å². The summed E-state index contributed by atoms with van der Waals surface area (Å²) in [6, 6.07) is 5.99. The number of sulfonamides is 1. The van der Waals surface area contributed by atoms with Crippen LogP contribution in [-0.4, -0.2) is 49.1 Å². The Morgan fingerprint density at radius 3 is 2.48 bits per heavy atom. The summed E-state index contributed by atoms with van der Waals surface area (Å²) >= 11 is 0. The number of carbonyl (C=O) groups is 1. The molecule has 0 saturated carbocycles. The third-order valence-electron chi connectivity index (χ3n) is 3.44. The van der Waals surface area contributed by atoms with Crippen LogP contribution >= 0.6 is 0 Å². The molecular weight excluding hydrogens is 294 g/mol. The fourth-order valence-corrected chi connectivity index (χ4v) is 4.12. The van der Waals surface area contributed by atoms with Crippen LogP contribution in [0.15, 0.2) is 29.2 Å². The molecule has 0 spiro atoms. The Morgan fingerprint density at radius 1 is 1.33 bits per heavy atom. The molecule has 1 aromatic carbocycles. The lowest BCUT2D eigenvalue weighted by molar-refractivity contribution is -0.136. The molecule has 0 aliphatic carbocycles. The number of carboxylic acid groups (broad SMARTS) is 1. The lowest BCUT2D eigenvalue weighted by Gasteiger charge is -2.40. The number of ether oxygens (including phenoxy) is 1. The lowest BCUT2D eigenvalue weighted by atomic mass is 10.1. The molecule has 21 heavy (non-hydrogen) atoms. The van der Waals surface area contributed by atoms with E-state index in [0.29, 0.717) is 25.3 Å². The third-order valence-corrected chi connectivity index (χ3v) is 5.56. The van der Waals surface area contributed by atoms with Gasteiger partial charge in [-0.1, -0.05) is 12.1 Å². The number of morpholine rings is 1. The molecule has 1 aliphatic heterocycles. The molecule has 0 bridgehead atoms. The van der Waals surface area contributed by atoms with Crippen LogP contribution in [0.25, 0.3) is 0 Å². The van der Waals surface area contributed by atoms with E-state index < -0.39 is 21.5 Å². The van der Waals surface area contributed by atoms with Gasteiger partial charge >= 0.3 is 5.97 Å². The zero-order chi connectivity index (χ0) is 15.7. The van der Waals surface area contributed by atoms with Crippen molar-refractivity contribution in [1.82, 2.24) is 4.31 Å². The molecule has 0 atom stereocenters. The van der Waals surface area contributed by atoms with Crippen LogP contribution < -0.4 is 0 Å². The molecule has 0 unspecified atom stereocenters. The number of hydrogen-bond donors (Lipinski definition) is 1. The van der Waals surface area contributed by atoms with Gasteiger partial charge in [-0.3, -0.25) is 4.79 Å². The average Bonchev–Trinajstić information content (AvgIpc) is 2.37. The zero-order valence-electron chi connectivity index (χ0n) is 12.1. The highest BCUT2D eigenvalue weighted by Gasteiger charge is 2.39. The number of benzene rings is 1. The first kappa shape index (κ1) is 15.9. The highest BCUT2D eigenvalue weighted by molar-refractivity contribution is 7.89. The van der Waals surface area contributed by atoms with Crippen LogP contribution in [0.4, 0.5) is 0 Å². The van der Waals surface area contributed by atoms with E-state index in [1.54, 1.807) is 0 Å². The second-order valence-corrected chi connectivity index (χ2v) is 7.52. The van der Waals surface area contributed by atoms with Crippen LogP contribution in [0.1, 0.15) is 19.4 Å². The van der Waals surface area contributed by atoms with E-state index in [9.17, 15) is 13.2 Å². The minimum absolute atomic E-state index is 0.122. The third kappa shape index (κ3) is 3.42. The van der Waals surface area contributed by atoms with E-state index >= 15 is 0 Å². The molecule has 1 fully saturated rings. The monoisotopic (exact) mass is 313 g/mol. The van der Waals surface area contributed by atoms with Crippen molar-refractivity contribution < 1.29 is 23.1 Å². The van der Waals surface area contributed by atoms with Crippen molar-refractivity contribution in [3.05, 3.63) is 29.8 Å². The molecule has 6 nitrogen and oxygen atoms in total. The van der Waals surface area contributed by atoms with Crippen LogP contribution in [0.3, 0.4) is 0 Å². The normalized spacial score (nSPS) is 19.3. The molecule has 1 aromatic rings. The maximum absolute atomic E-state index is 12.7. The fourth-order valence-electron chi connectivity index (χ4n) is 2.37. The van der Waals surface area contributed by atoms with Crippen molar-refractivity contribution in [1.29, 1.82) is 0 Å². The molecule has 1 saturated heterocycles. The lowest BCUT2D eigenvalue weighted by Crippen LogP contribution is -2.55. The maximum atomic E-state index is 12.7. The summed E-state index contributed by atoms with van der Waals surface area (Å²) in [4.78, 5) is 10.8. The first-order chi connectivity index (χ1) is 9.73. The van der Waals surface area contributed by atoms with Gasteiger partial charge in [0.2, 0.25) is 10.0 Å². The molecular formula is C14H19NO5S. The fraction of sp³-hybridized carbons (Fsp3) is 0.500. The van der Waals surface area contributed by atoms with Crippen molar-refractivity contribution in [3.8, 4) is 0 Å². The van der Waals surface area contributed by atoms with Crippen LogP contribution in [0.5, 0.6) is 0 Å². The van der Waals surface area contributed by atoms with E-state index in [4.69, 9.17) is 9.84 Å². The zero-order valence-corrected chi connectivity index (χ0v) is 12.9. The smallest absolute Gasteiger partial charge is 0.307 e. The second kappa shape index (κ2) is 5.75. The topological polar surface area (TPSA) is 83.9 Å². The van der Waals surface area contributed by atoms with Gasteiger partial charge in [0, 0.05) is 6.54 Å². The number of nitrogens with zero attached hydrogens (tertiary/aromatic N) is 1. The van der Waals surface area contributed by atoms with E-state index in [1.165, 1.54) is 28.6 Å². The molecule has 7 heteroatoms. The van der Waals surface area contributed by atoms with Gasteiger partial charge in [0.05, 0.1) is 30.1 Å². The van der Waals surface area contributed by atoms with Crippen molar-refractivity contribution in [3.63, 3.8) is 0 Å². The summed E-state index contributed by atoms with van der Waals surface area (Å²) in [5.74, 6) is -0.945. The first-order valence-corrected chi connectivity index (χ1v) is 8.09. The van der Waals surface area contributed by atoms with E-state index in [0.717, 1.165) is 0 Å². The Kier molecular flexibility index (Phi) is 4.36. The highest BCUT2D eigenvalue weighted by atomic mass is 32.2. The van der Waals surface area contributed by atoms with Gasteiger partial charge < -0.3 is 9.84 Å². The number of rotatable bonds is 4. The summed E-state index contributed by atoms with van der Waals surface area (Å²) in [6.07, 6.45) is -0.122. The van der Waals surface area contributed by atoms with E-state index in [2.05, 4.69) is 0 Å². The summed E-state index contributed by atoms with van der Waals surface area (Å²) in [6.45, 7) is 4.68. The molecule has 1 aliphatic rings. The molecule has 0 radical (unpaired) electrons. The SMILES string of the molecule is CC1(C)COCCN1S(=O)(=O)c1ccc(CC(=O)O)cc1. The molecule has 116 valence electrons. The van der Waals surface area contributed by atoms with E-state index in [-0.39, 0.29) is 11.3 Å². The van der Waals surface area contributed by atoms with Crippen molar-refractivity contribution in [2.45, 2.75) is 30.7 Å². The standard InChI is InChI=1S/C14H19NO5S/c1-14(2)10-20-8-7-15(14)21(18,19)12-5-3-11(4-6-12)9-13(16)17/h3-6H,7-10H2,1-2H3,(H,16,17). The molecule has 0 amide bonds. The van der Waals surface area contributed by atoms with Gasteiger partial charge in [0.1, 0.15) is 0 Å². The predicted octanol–water partition coefficient (Wildman–Crippen LogP) is 1.11. The molecule has 1 heterocycles. The minimum atomic E-state index is -3.61. The molecule has 0 aromatic heterocycles. The van der Waals surface area contributed by atoms with Gasteiger partial charge in [-0.2, -0.15) is 4.31 Å². The van der Waals surface area contributed by atoms with Crippen molar-refractivity contribution in [2.24, 2.45) is 0 Å². The van der Waals surface area contributed by atoms with Crippen LogP contribution in [-0.2, 0) is 26.0 Å². The number of carboxylic acids is 1. The van der Waals surface area contributed by atoms with Gasteiger partial charge in [-0.05, 0) is 31.5 Å². The quantitative estimate of drug-likeness (QED) is 0.900. The summed E-state index contributed by atoms with van der Waals surface area (Å²) < 4.78 is 32.2. The maximum Gasteiger partial charge on any atom is 0.307 e. The van der Waals surface area contributed by atoms with Crippen LogP contribution in [0, 0.1) is 0 Å². The Morgan fingerprint density at radius 2 is 1.95 bits per heavy atom. The van der Waals surface area contributed by atoms with E-state index in [1.807, 2.05) is 13.8 Å². The Bertz CT molecular complexity index is 621. The highest BCUT2D eigenvalue weighted by Crippen LogP contribution is 2.27.